The second-order valence-corrected chi connectivity index (χ2v) is 10.4. The summed E-state index contributed by atoms with van der Waals surface area (Å²) in [6.07, 6.45) is 1.72. The van der Waals surface area contributed by atoms with Crippen LogP contribution in [0.5, 0.6) is 0 Å². The minimum Gasteiger partial charge on any atom is -0.324 e. The van der Waals surface area contributed by atoms with E-state index in [1.54, 1.807) is 0 Å². The van der Waals surface area contributed by atoms with E-state index in [1.807, 2.05) is 25.1 Å². The SMILES string of the molecule is CC(NCC(=O)Nc1cc(S(=O)(=O)N2CCCC2)ccc1Cl)c1ccc2ccccc2c1. The molecule has 1 saturated heterocycles. The number of nitrogens with zero attached hydrogens (tertiary/aromatic N) is 1. The van der Waals surface area contributed by atoms with E-state index in [9.17, 15) is 13.2 Å². The molecule has 32 heavy (non-hydrogen) atoms. The van der Waals surface area contributed by atoms with Crippen molar-refractivity contribution in [2.75, 3.05) is 25.0 Å². The monoisotopic (exact) mass is 471 g/mol. The Morgan fingerprint density at radius 1 is 1.03 bits per heavy atom. The summed E-state index contributed by atoms with van der Waals surface area (Å²) in [5.74, 6) is -0.296. The number of carbonyl (C=O) groups excluding carboxylic acids is 1. The summed E-state index contributed by atoms with van der Waals surface area (Å²) in [6.45, 7) is 3.09. The molecule has 4 rings (SSSR count). The predicted molar refractivity (Wildman–Crippen MR) is 128 cm³/mol. The molecular weight excluding hydrogens is 446 g/mol. The van der Waals surface area contributed by atoms with Crippen LogP contribution in [0.15, 0.2) is 65.6 Å². The Bertz CT molecular complexity index is 1240. The fourth-order valence-electron chi connectivity index (χ4n) is 3.87. The third-order valence-corrected chi connectivity index (χ3v) is 7.98. The van der Waals surface area contributed by atoms with E-state index in [2.05, 4.69) is 34.9 Å². The summed E-state index contributed by atoms with van der Waals surface area (Å²) in [7, 11) is -3.59. The zero-order valence-corrected chi connectivity index (χ0v) is 19.4. The molecule has 1 fully saturated rings. The summed E-state index contributed by atoms with van der Waals surface area (Å²) < 4.78 is 27.1. The molecular formula is C24H26ClN3O3S. The van der Waals surface area contributed by atoms with Gasteiger partial charge in [0.2, 0.25) is 15.9 Å². The zero-order valence-electron chi connectivity index (χ0n) is 17.8. The van der Waals surface area contributed by atoms with Crippen molar-refractivity contribution < 1.29 is 13.2 Å². The molecule has 0 spiro atoms. The lowest BCUT2D eigenvalue weighted by Crippen LogP contribution is -2.30. The minimum atomic E-state index is -3.59. The van der Waals surface area contributed by atoms with Crippen LogP contribution in [0, 0.1) is 0 Å². The number of hydrogen-bond acceptors (Lipinski definition) is 4. The fraction of sp³-hybridized carbons (Fsp3) is 0.292. The normalized spacial score (nSPS) is 15.7. The van der Waals surface area contributed by atoms with Crippen molar-refractivity contribution in [1.82, 2.24) is 9.62 Å². The molecule has 2 N–H and O–H groups in total. The average Bonchev–Trinajstić information content (AvgIpc) is 3.34. The molecule has 1 aliphatic heterocycles. The van der Waals surface area contributed by atoms with Crippen molar-refractivity contribution in [1.29, 1.82) is 0 Å². The van der Waals surface area contributed by atoms with Gasteiger partial charge in [0.25, 0.3) is 0 Å². The van der Waals surface area contributed by atoms with Crippen LogP contribution in [0.4, 0.5) is 5.69 Å². The van der Waals surface area contributed by atoms with Crippen molar-refractivity contribution in [3.05, 3.63) is 71.2 Å². The molecule has 1 atom stereocenters. The van der Waals surface area contributed by atoms with E-state index in [0.717, 1.165) is 23.8 Å². The Morgan fingerprint density at radius 2 is 1.75 bits per heavy atom. The summed E-state index contributed by atoms with van der Waals surface area (Å²) >= 11 is 6.22. The Balaban J connectivity index is 1.41. The van der Waals surface area contributed by atoms with E-state index in [1.165, 1.54) is 27.9 Å². The number of halogens is 1. The highest BCUT2D eigenvalue weighted by molar-refractivity contribution is 7.89. The third-order valence-electron chi connectivity index (χ3n) is 5.76. The first-order valence-corrected chi connectivity index (χ1v) is 12.5. The average molecular weight is 472 g/mol. The van der Waals surface area contributed by atoms with Crippen molar-refractivity contribution in [3.8, 4) is 0 Å². The fourth-order valence-corrected chi connectivity index (χ4v) is 5.58. The summed E-state index contributed by atoms with van der Waals surface area (Å²) in [5.41, 5.74) is 1.37. The number of benzene rings is 3. The first kappa shape index (κ1) is 22.7. The van der Waals surface area contributed by atoms with E-state index < -0.39 is 10.0 Å². The number of anilines is 1. The van der Waals surface area contributed by atoms with Crippen LogP contribution >= 0.6 is 11.6 Å². The first-order chi connectivity index (χ1) is 15.3. The van der Waals surface area contributed by atoms with Crippen LogP contribution in [-0.2, 0) is 14.8 Å². The van der Waals surface area contributed by atoms with Crippen molar-refractivity contribution in [2.45, 2.75) is 30.7 Å². The van der Waals surface area contributed by atoms with Gasteiger partial charge in [-0.3, -0.25) is 4.79 Å². The third kappa shape index (κ3) is 4.96. The highest BCUT2D eigenvalue weighted by Gasteiger charge is 2.27. The van der Waals surface area contributed by atoms with E-state index in [4.69, 9.17) is 11.6 Å². The van der Waals surface area contributed by atoms with Gasteiger partial charge in [0, 0.05) is 19.1 Å². The molecule has 6 nitrogen and oxygen atoms in total. The van der Waals surface area contributed by atoms with Gasteiger partial charge in [0.1, 0.15) is 0 Å². The summed E-state index contributed by atoms with van der Waals surface area (Å²) in [5, 5.41) is 8.55. The van der Waals surface area contributed by atoms with Gasteiger partial charge < -0.3 is 10.6 Å². The number of nitrogens with one attached hydrogen (secondary N) is 2. The lowest BCUT2D eigenvalue weighted by Gasteiger charge is -2.17. The van der Waals surface area contributed by atoms with Crippen LogP contribution in [0.3, 0.4) is 0 Å². The van der Waals surface area contributed by atoms with Gasteiger partial charge >= 0.3 is 0 Å². The standard InChI is InChI=1S/C24H26ClN3O3S/c1-17(19-9-8-18-6-2-3-7-20(18)14-19)26-16-24(29)27-23-15-21(10-11-22(23)25)32(30,31)28-12-4-5-13-28/h2-3,6-11,14-15,17,26H,4-5,12-13,16H2,1H3,(H,27,29). The number of rotatable bonds is 7. The summed E-state index contributed by atoms with van der Waals surface area (Å²) in [6, 6.07) is 18.7. The number of amides is 1. The number of sulfonamides is 1. The second kappa shape index (κ2) is 9.58. The molecule has 0 radical (unpaired) electrons. The number of fused-ring (bicyclic) bond motifs is 1. The van der Waals surface area contributed by atoms with Crippen LogP contribution < -0.4 is 10.6 Å². The largest absolute Gasteiger partial charge is 0.324 e. The maximum Gasteiger partial charge on any atom is 0.243 e. The Labute approximate surface area is 193 Å². The smallest absolute Gasteiger partial charge is 0.243 e. The quantitative estimate of drug-likeness (QED) is 0.529. The van der Waals surface area contributed by atoms with Gasteiger partial charge in [-0.15, -0.1) is 0 Å². The van der Waals surface area contributed by atoms with Gasteiger partial charge in [0.05, 0.1) is 22.2 Å². The lowest BCUT2D eigenvalue weighted by atomic mass is 10.0. The number of hydrogen-bond donors (Lipinski definition) is 2. The van der Waals surface area contributed by atoms with Crippen LogP contribution in [-0.4, -0.2) is 38.3 Å². The second-order valence-electron chi connectivity index (χ2n) is 8.01. The Hall–Kier alpha value is -2.45. The van der Waals surface area contributed by atoms with E-state index in [0.29, 0.717) is 18.1 Å². The molecule has 1 amide bonds. The molecule has 1 aliphatic rings. The predicted octanol–water partition coefficient (Wildman–Crippen LogP) is 4.57. The first-order valence-electron chi connectivity index (χ1n) is 10.7. The topological polar surface area (TPSA) is 78.5 Å². The van der Waals surface area contributed by atoms with Crippen molar-refractivity contribution in [2.24, 2.45) is 0 Å². The van der Waals surface area contributed by atoms with Gasteiger partial charge in [-0.1, -0.05) is 48.0 Å². The Kier molecular flexibility index (Phi) is 6.81. The molecule has 1 unspecified atom stereocenters. The van der Waals surface area contributed by atoms with Gasteiger partial charge in [-0.05, 0) is 60.4 Å². The highest BCUT2D eigenvalue weighted by atomic mass is 35.5. The van der Waals surface area contributed by atoms with Gasteiger partial charge in [-0.25, -0.2) is 8.42 Å². The maximum atomic E-state index is 12.8. The molecule has 1 heterocycles. The van der Waals surface area contributed by atoms with Gasteiger partial charge in [-0.2, -0.15) is 4.31 Å². The molecule has 3 aromatic rings. The molecule has 8 heteroatoms. The van der Waals surface area contributed by atoms with Crippen LogP contribution in [0.25, 0.3) is 10.8 Å². The summed E-state index contributed by atoms with van der Waals surface area (Å²) in [4.78, 5) is 12.7. The minimum absolute atomic E-state index is 0.0392. The van der Waals surface area contributed by atoms with Crippen molar-refractivity contribution >= 4 is 44.0 Å². The molecule has 0 aliphatic carbocycles. The Morgan fingerprint density at radius 3 is 2.50 bits per heavy atom. The maximum absolute atomic E-state index is 12.8. The molecule has 0 aromatic heterocycles. The molecule has 0 saturated carbocycles. The molecule has 0 bridgehead atoms. The van der Waals surface area contributed by atoms with Crippen LogP contribution in [0.2, 0.25) is 5.02 Å². The highest BCUT2D eigenvalue weighted by Crippen LogP contribution is 2.28. The lowest BCUT2D eigenvalue weighted by molar-refractivity contribution is -0.115. The molecule has 168 valence electrons. The molecule has 3 aromatic carbocycles. The zero-order chi connectivity index (χ0) is 22.7. The van der Waals surface area contributed by atoms with E-state index >= 15 is 0 Å². The van der Waals surface area contributed by atoms with Crippen LogP contribution in [0.1, 0.15) is 31.4 Å². The number of carbonyl (C=O) groups is 1. The van der Waals surface area contributed by atoms with Crippen molar-refractivity contribution in [3.63, 3.8) is 0 Å². The van der Waals surface area contributed by atoms with E-state index in [-0.39, 0.29) is 29.1 Å². The van der Waals surface area contributed by atoms with Gasteiger partial charge in [0.15, 0.2) is 0 Å².